The van der Waals surface area contributed by atoms with Gasteiger partial charge >= 0.3 is 0 Å². The number of carbonyl (C=O) groups is 2. The molecule has 2 amide bonds. The number of carbonyl (C=O) groups excluding carboxylic acids is 2. The molecule has 4 heteroatoms. The van der Waals surface area contributed by atoms with Crippen molar-refractivity contribution in [1.29, 1.82) is 0 Å². The molecule has 0 spiro atoms. The molecule has 0 bridgehead atoms. The lowest BCUT2D eigenvalue weighted by Crippen LogP contribution is -2.34. The standard InChI is InChI=1S/C17H24N2O2/c1-3-19(4-2)17(21)15-10-8-13(9-11-15)12-18-16(20)14-6-5-7-14/h8-11,14H,3-7,12H2,1-2H3,(H,18,20). The second-order valence-corrected chi connectivity index (χ2v) is 5.52. The first-order valence-electron chi connectivity index (χ1n) is 7.81. The Bertz CT molecular complexity index is 488. The monoisotopic (exact) mass is 288 g/mol. The summed E-state index contributed by atoms with van der Waals surface area (Å²) in [5.41, 5.74) is 1.73. The zero-order chi connectivity index (χ0) is 15.2. The molecule has 1 N–H and O–H groups in total. The number of nitrogens with zero attached hydrogens (tertiary/aromatic N) is 1. The Hall–Kier alpha value is -1.84. The average molecular weight is 288 g/mol. The van der Waals surface area contributed by atoms with E-state index in [1.807, 2.05) is 38.1 Å². The number of amides is 2. The third-order valence-corrected chi connectivity index (χ3v) is 4.19. The lowest BCUT2D eigenvalue weighted by molar-refractivity contribution is -0.127. The van der Waals surface area contributed by atoms with Crippen LogP contribution in [0.25, 0.3) is 0 Å². The molecule has 0 aromatic heterocycles. The summed E-state index contributed by atoms with van der Waals surface area (Å²) in [5, 5.41) is 2.96. The van der Waals surface area contributed by atoms with E-state index in [4.69, 9.17) is 0 Å². The molecule has 2 rings (SSSR count). The molecule has 21 heavy (non-hydrogen) atoms. The molecule has 1 aliphatic rings. The van der Waals surface area contributed by atoms with Crippen LogP contribution in [-0.2, 0) is 11.3 Å². The van der Waals surface area contributed by atoms with Crippen molar-refractivity contribution in [3.05, 3.63) is 35.4 Å². The smallest absolute Gasteiger partial charge is 0.253 e. The first-order valence-corrected chi connectivity index (χ1v) is 7.81. The second-order valence-electron chi connectivity index (χ2n) is 5.52. The molecule has 0 radical (unpaired) electrons. The van der Waals surface area contributed by atoms with Crippen molar-refractivity contribution in [3.8, 4) is 0 Å². The highest BCUT2D eigenvalue weighted by atomic mass is 16.2. The maximum atomic E-state index is 12.2. The molecule has 1 saturated carbocycles. The molecule has 1 aromatic carbocycles. The molecule has 1 fully saturated rings. The molecule has 0 saturated heterocycles. The Labute approximate surface area is 126 Å². The molecule has 1 aliphatic carbocycles. The third kappa shape index (κ3) is 3.84. The summed E-state index contributed by atoms with van der Waals surface area (Å²) in [6, 6.07) is 7.51. The van der Waals surface area contributed by atoms with E-state index in [1.165, 1.54) is 6.42 Å². The maximum absolute atomic E-state index is 12.2. The van der Waals surface area contributed by atoms with E-state index in [2.05, 4.69) is 5.32 Å². The van der Waals surface area contributed by atoms with Gasteiger partial charge in [0, 0.05) is 31.1 Å². The predicted molar refractivity (Wildman–Crippen MR) is 82.9 cm³/mol. The number of rotatable bonds is 6. The van der Waals surface area contributed by atoms with Gasteiger partial charge in [-0.15, -0.1) is 0 Å². The highest BCUT2D eigenvalue weighted by Crippen LogP contribution is 2.26. The number of hydrogen-bond donors (Lipinski definition) is 1. The van der Waals surface area contributed by atoms with Crippen molar-refractivity contribution in [2.45, 2.75) is 39.7 Å². The molecule has 0 atom stereocenters. The van der Waals surface area contributed by atoms with E-state index in [0.29, 0.717) is 25.2 Å². The summed E-state index contributed by atoms with van der Waals surface area (Å²) in [4.78, 5) is 25.7. The van der Waals surface area contributed by atoms with Gasteiger partial charge in [0.1, 0.15) is 0 Å². The minimum absolute atomic E-state index is 0.0602. The van der Waals surface area contributed by atoms with Crippen LogP contribution in [0.5, 0.6) is 0 Å². The van der Waals surface area contributed by atoms with Crippen molar-refractivity contribution in [2.75, 3.05) is 13.1 Å². The summed E-state index contributed by atoms with van der Waals surface area (Å²) < 4.78 is 0. The Morgan fingerprint density at radius 3 is 2.24 bits per heavy atom. The van der Waals surface area contributed by atoms with Crippen LogP contribution < -0.4 is 5.32 Å². The molecule has 0 unspecified atom stereocenters. The van der Waals surface area contributed by atoms with Crippen LogP contribution >= 0.6 is 0 Å². The number of nitrogens with one attached hydrogen (secondary N) is 1. The zero-order valence-corrected chi connectivity index (χ0v) is 12.9. The highest BCUT2D eigenvalue weighted by Gasteiger charge is 2.24. The van der Waals surface area contributed by atoms with Gasteiger partial charge < -0.3 is 10.2 Å². The van der Waals surface area contributed by atoms with Crippen LogP contribution in [0.4, 0.5) is 0 Å². The molecular formula is C17H24N2O2. The summed E-state index contributed by atoms with van der Waals surface area (Å²) in [6.07, 6.45) is 3.20. The van der Waals surface area contributed by atoms with Crippen LogP contribution in [0.3, 0.4) is 0 Å². The van der Waals surface area contributed by atoms with Gasteiger partial charge in [-0.3, -0.25) is 9.59 Å². The third-order valence-electron chi connectivity index (χ3n) is 4.19. The van der Waals surface area contributed by atoms with E-state index in [9.17, 15) is 9.59 Å². The quantitative estimate of drug-likeness (QED) is 0.874. The van der Waals surface area contributed by atoms with Gasteiger partial charge in [-0.25, -0.2) is 0 Å². The molecule has 4 nitrogen and oxygen atoms in total. The minimum atomic E-state index is 0.0602. The molecule has 1 aromatic rings. The van der Waals surface area contributed by atoms with Gasteiger partial charge in [0.15, 0.2) is 0 Å². The first-order chi connectivity index (χ1) is 10.2. The Balaban J connectivity index is 1.89. The van der Waals surface area contributed by atoms with Gasteiger partial charge in [0.05, 0.1) is 0 Å². The fourth-order valence-corrected chi connectivity index (χ4v) is 2.46. The predicted octanol–water partition coefficient (Wildman–Crippen LogP) is 2.58. The van der Waals surface area contributed by atoms with Gasteiger partial charge in [0.2, 0.25) is 5.91 Å². The Morgan fingerprint density at radius 1 is 1.14 bits per heavy atom. The van der Waals surface area contributed by atoms with E-state index < -0.39 is 0 Å². The average Bonchev–Trinajstić information content (AvgIpc) is 2.45. The molecule has 114 valence electrons. The first kappa shape index (κ1) is 15.5. The summed E-state index contributed by atoms with van der Waals surface area (Å²) in [5.74, 6) is 0.433. The van der Waals surface area contributed by atoms with E-state index in [-0.39, 0.29) is 17.7 Å². The van der Waals surface area contributed by atoms with Crippen molar-refractivity contribution in [3.63, 3.8) is 0 Å². The SMILES string of the molecule is CCN(CC)C(=O)c1ccc(CNC(=O)C2CCC2)cc1. The number of benzene rings is 1. The van der Waals surface area contributed by atoms with Crippen molar-refractivity contribution in [2.24, 2.45) is 5.92 Å². The van der Waals surface area contributed by atoms with Crippen molar-refractivity contribution < 1.29 is 9.59 Å². The minimum Gasteiger partial charge on any atom is -0.352 e. The van der Waals surface area contributed by atoms with E-state index in [0.717, 1.165) is 18.4 Å². The Morgan fingerprint density at radius 2 is 1.76 bits per heavy atom. The maximum Gasteiger partial charge on any atom is 0.253 e. The van der Waals surface area contributed by atoms with Gasteiger partial charge in [0.25, 0.3) is 5.91 Å². The van der Waals surface area contributed by atoms with Crippen LogP contribution in [0.1, 0.15) is 49.0 Å². The second kappa shape index (κ2) is 7.25. The normalized spacial score (nSPS) is 14.4. The van der Waals surface area contributed by atoms with Crippen molar-refractivity contribution in [1.82, 2.24) is 10.2 Å². The lowest BCUT2D eigenvalue weighted by atomic mass is 9.85. The molecule has 0 aliphatic heterocycles. The van der Waals surface area contributed by atoms with Crippen LogP contribution in [0.15, 0.2) is 24.3 Å². The fraction of sp³-hybridized carbons (Fsp3) is 0.529. The van der Waals surface area contributed by atoms with E-state index in [1.54, 1.807) is 4.90 Å². The van der Waals surface area contributed by atoms with Crippen molar-refractivity contribution >= 4 is 11.8 Å². The largest absolute Gasteiger partial charge is 0.352 e. The fourth-order valence-electron chi connectivity index (χ4n) is 2.46. The summed E-state index contributed by atoms with van der Waals surface area (Å²) in [6.45, 7) is 5.93. The number of hydrogen-bond acceptors (Lipinski definition) is 2. The van der Waals surface area contributed by atoms with E-state index >= 15 is 0 Å². The molecular weight excluding hydrogens is 264 g/mol. The highest BCUT2D eigenvalue weighted by molar-refractivity contribution is 5.94. The summed E-state index contributed by atoms with van der Waals surface area (Å²) in [7, 11) is 0. The van der Waals surface area contributed by atoms with Crippen LogP contribution in [0, 0.1) is 5.92 Å². The topological polar surface area (TPSA) is 49.4 Å². The molecule has 0 heterocycles. The van der Waals surface area contributed by atoms with Gasteiger partial charge in [-0.1, -0.05) is 18.6 Å². The van der Waals surface area contributed by atoms with Crippen LogP contribution in [0.2, 0.25) is 0 Å². The lowest BCUT2D eigenvalue weighted by Gasteiger charge is -2.24. The Kier molecular flexibility index (Phi) is 5.37. The van der Waals surface area contributed by atoms with Gasteiger partial charge in [-0.2, -0.15) is 0 Å². The zero-order valence-electron chi connectivity index (χ0n) is 12.9. The van der Waals surface area contributed by atoms with Crippen LogP contribution in [-0.4, -0.2) is 29.8 Å². The summed E-state index contributed by atoms with van der Waals surface area (Å²) >= 11 is 0. The van der Waals surface area contributed by atoms with Gasteiger partial charge in [-0.05, 0) is 44.4 Å².